The molecular weight excluding hydrogens is 260 g/mol. The first-order valence-corrected chi connectivity index (χ1v) is 8.18. The van der Waals surface area contributed by atoms with E-state index in [0.29, 0.717) is 6.04 Å². The van der Waals surface area contributed by atoms with Gasteiger partial charge in [0.1, 0.15) is 0 Å². The predicted octanol–water partition coefficient (Wildman–Crippen LogP) is 2.62. The first kappa shape index (κ1) is 15.7. The van der Waals surface area contributed by atoms with E-state index in [-0.39, 0.29) is 0 Å². The topological polar surface area (TPSA) is 39.7 Å². The second-order valence-electron chi connectivity index (χ2n) is 5.45. The van der Waals surface area contributed by atoms with Gasteiger partial charge in [0.2, 0.25) is 0 Å². The highest BCUT2D eigenvalue weighted by molar-refractivity contribution is 5.80. The van der Waals surface area contributed by atoms with Crippen molar-refractivity contribution in [1.29, 1.82) is 0 Å². The fourth-order valence-corrected chi connectivity index (χ4v) is 2.30. The van der Waals surface area contributed by atoms with Gasteiger partial charge in [0.15, 0.2) is 5.96 Å². The van der Waals surface area contributed by atoms with E-state index in [9.17, 15) is 0 Å². The number of benzene rings is 1. The van der Waals surface area contributed by atoms with Crippen LogP contribution in [0.15, 0.2) is 35.3 Å². The van der Waals surface area contributed by atoms with Gasteiger partial charge in [0.25, 0.3) is 0 Å². The third kappa shape index (κ3) is 5.66. The Kier molecular flexibility index (Phi) is 6.38. The van der Waals surface area contributed by atoms with Crippen molar-refractivity contribution in [2.24, 2.45) is 4.99 Å². The van der Waals surface area contributed by atoms with E-state index in [2.05, 4.69) is 64.7 Å². The van der Waals surface area contributed by atoms with Crippen LogP contribution in [0.3, 0.4) is 0 Å². The van der Waals surface area contributed by atoms with Crippen LogP contribution >= 0.6 is 0 Å². The molecule has 2 N–H and O–H groups in total. The molecule has 4 heteroatoms. The van der Waals surface area contributed by atoms with Crippen molar-refractivity contribution in [2.75, 3.05) is 31.1 Å². The van der Waals surface area contributed by atoms with Crippen LogP contribution < -0.4 is 15.5 Å². The third-order valence-corrected chi connectivity index (χ3v) is 3.62. The SMILES string of the molecule is CCNC(=NCCCN(CC)c1ccccc1)NC1CC1. The molecule has 0 spiro atoms. The van der Waals surface area contributed by atoms with Gasteiger partial charge in [-0.25, -0.2) is 0 Å². The van der Waals surface area contributed by atoms with Gasteiger partial charge in [-0.3, -0.25) is 4.99 Å². The molecule has 1 aliphatic carbocycles. The largest absolute Gasteiger partial charge is 0.372 e. The summed E-state index contributed by atoms with van der Waals surface area (Å²) in [7, 11) is 0. The first-order valence-electron chi connectivity index (χ1n) is 8.18. The molecule has 116 valence electrons. The number of nitrogens with one attached hydrogen (secondary N) is 2. The van der Waals surface area contributed by atoms with Crippen LogP contribution in [0.5, 0.6) is 0 Å². The average Bonchev–Trinajstić information content (AvgIpc) is 3.32. The Morgan fingerprint density at radius 3 is 2.62 bits per heavy atom. The van der Waals surface area contributed by atoms with E-state index in [1.807, 2.05) is 0 Å². The number of hydrogen-bond acceptors (Lipinski definition) is 2. The fraction of sp³-hybridized carbons (Fsp3) is 0.588. The molecule has 1 aliphatic rings. The molecule has 0 saturated heterocycles. The summed E-state index contributed by atoms with van der Waals surface area (Å²) in [6, 6.07) is 11.3. The Labute approximate surface area is 128 Å². The zero-order valence-corrected chi connectivity index (χ0v) is 13.3. The van der Waals surface area contributed by atoms with Crippen molar-refractivity contribution in [2.45, 2.75) is 39.2 Å². The fourth-order valence-electron chi connectivity index (χ4n) is 2.30. The molecule has 4 nitrogen and oxygen atoms in total. The lowest BCUT2D eigenvalue weighted by molar-refractivity contribution is 0.741. The van der Waals surface area contributed by atoms with E-state index in [0.717, 1.165) is 38.6 Å². The molecule has 1 fully saturated rings. The van der Waals surface area contributed by atoms with Crippen molar-refractivity contribution in [3.05, 3.63) is 30.3 Å². The second-order valence-corrected chi connectivity index (χ2v) is 5.45. The standard InChI is InChI=1S/C17H28N4/c1-3-18-17(20-15-11-12-15)19-13-8-14-21(4-2)16-9-6-5-7-10-16/h5-7,9-10,15H,3-4,8,11-14H2,1-2H3,(H2,18,19,20). The summed E-state index contributed by atoms with van der Waals surface area (Å²) in [5.41, 5.74) is 1.30. The Morgan fingerprint density at radius 2 is 2.00 bits per heavy atom. The van der Waals surface area contributed by atoms with Gasteiger partial charge in [-0.05, 0) is 45.2 Å². The molecule has 21 heavy (non-hydrogen) atoms. The van der Waals surface area contributed by atoms with E-state index >= 15 is 0 Å². The Morgan fingerprint density at radius 1 is 1.24 bits per heavy atom. The summed E-state index contributed by atoms with van der Waals surface area (Å²) in [6.45, 7) is 8.18. The molecule has 2 rings (SSSR count). The number of anilines is 1. The molecule has 1 aromatic carbocycles. The lowest BCUT2D eigenvalue weighted by atomic mass is 10.2. The number of rotatable bonds is 8. The minimum Gasteiger partial charge on any atom is -0.372 e. The number of para-hydroxylation sites is 1. The van der Waals surface area contributed by atoms with Crippen molar-refractivity contribution < 1.29 is 0 Å². The summed E-state index contributed by atoms with van der Waals surface area (Å²) in [5, 5.41) is 6.76. The minimum atomic E-state index is 0.652. The van der Waals surface area contributed by atoms with Crippen molar-refractivity contribution in [3.63, 3.8) is 0 Å². The lowest BCUT2D eigenvalue weighted by Gasteiger charge is -2.22. The van der Waals surface area contributed by atoms with Gasteiger partial charge < -0.3 is 15.5 Å². The van der Waals surface area contributed by atoms with Crippen LogP contribution in [0, 0.1) is 0 Å². The molecule has 1 saturated carbocycles. The maximum atomic E-state index is 4.66. The smallest absolute Gasteiger partial charge is 0.191 e. The van der Waals surface area contributed by atoms with E-state index in [4.69, 9.17) is 0 Å². The number of nitrogens with zero attached hydrogens (tertiary/aromatic N) is 2. The summed E-state index contributed by atoms with van der Waals surface area (Å²) < 4.78 is 0. The van der Waals surface area contributed by atoms with Crippen molar-refractivity contribution >= 4 is 11.6 Å². The molecule has 0 unspecified atom stereocenters. The normalized spacial score (nSPS) is 14.9. The minimum absolute atomic E-state index is 0.652. The Hall–Kier alpha value is -1.71. The van der Waals surface area contributed by atoms with E-state index < -0.39 is 0 Å². The molecule has 0 radical (unpaired) electrons. The molecule has 0 amide bonds. The number of aliphatic imine (C=N–C) groups is 1. The Bertz CT molecular complexity index is 426. The lowest BCUT2D eigenvalue weighted by Crippen LogP contribution is -2.38. The molecule has 0 bridgehead atoms. The highest BCUT2D eigenvalue weighted by atomic mass is 15.2. The molecule has 0 atom stereocenters. The van der Waals surface area contributed by atoms with Crippen LogP contribution in [-0.2, 0) is 0 Å². The molecule has 1 aromatic rings. The second kappa shape index (κ2) is 8.55. The summed E-state index contributed by atoms with van der Waals surface area (Å²) >= 11 is 0. The van der Waals surface area contributed by atoms with E-state index in [1.165, 1.54) is 18.5 Å². The van der Waals surface area contributed by atoms with Crippen LogP contribution in [0.4, 0.5) is 5.69 Å². The zero-order valence-electron chi connectivity index (χ0n) is 13.3. The highest BCUT2D eigenvalue weighted by Crippen LogP contribution is 2.18. The quantitative estimate of drug-likeness (QED) is 0.439. The first-order chi connectivity index (χ1) is 10.3. The summed E-state index contributed by atoms with van der Waals surface area (Å²) in [6.07, 6.45) is 3.63. The van der Waals surface area contributed by atoms with Crippen LogP contribution in [-0.4, -0.2) is 38.2 Å². The predicted molar refractivity (Wildman–Crippen MR) is 91.1 cm³/mol. The number of hydrogen-bond donors (Lipinski definition) is 2. The maximum absolute atomic E-state index is 4.66. The summed E-state index contributed by atoms with van der Waals surface area (Å²) in [5.74, 6) is 0.975. The molecule has 0 aromatic heterocycles. The number of guanidine groups is 1. The van der Waals surface area contributed by atoms with Gasteiger partial charge in [0.05, 0.1) is 0 Å². The third-order valence-electron chi connectivity index (χ3n) is 3.62. The highest BCUT2D eigenvalue weighted by Gasteiger charge is 2.21. The van der Waals surface area contributed by atoms with Crippen LogP contribution in [0.2, 0.25) is 0 Å². The van der Waals surface area contributed by atoms with Gasteiger partial charge in [-0.1, -0.05) is 18.2 Å². The maximum Gasteiger partial charge on any atom is 0.191 e. The van der Waals surface area contributed by atoms with E-state index in [1.54, 1.807) is 0 Å². The molecule has 0 heterocycles. The van der Waals surface area contributed by atoms with Crippen molar-refractivity contribution in [1.82, 2.24) is 10.6 Å². The average molecular weight is 288 g/mol. The van der Waals surface area contributed by atoms with Gasteiger partial charge >= 0.3 is 0 Å². The van der Waals surface area contributed by atoms with Crippen LogP contribution in [0.25, 0.3) is 0 Å². The van der Waals surface area contributed by atoms with Crippen LogP contribution in [0.1, 0.15) is 33.1 Å². The molecular formula is C17H28N4. The van der Waals surface area contributed by atoms with Gasteiger partial charge in [0, 0.05) is 37.9 Å². The van der Waals surface area contributed by atoms with Crippen molar-refractivity contribution in [3.8, 4) is 0 Å². The van der Waals surface area contributed by atoms with Gasteiger partial charge in [-0.2, -0.15) is 0 Å². The summed E-state index contributed by atoms with van der Waals surface area (Å²) in [4.78, 5) is 7.06. The monoisotopic (exact) mass is 288 g/mol. The van der Waals surface area contributed by atoms with Gasteiger partial charge in [-0.15, -0.1) is 0 Å². The zero-order chi connectivity index (χ0) is 14.9. The Balaban J connectivity index is 1.75. The molecule has 0 aliphatic heterocycles.